The lowest BCUT2D eigenvalue weighted by molar-refractivity contribution is -0.143. The minimum atomic E-state index is -0.883. The zero-order chi connectivity index (χ0) is 17.3. The number of aromatic nitrogens is 1. The van der Waals surface area contributed by atoms with Gasteiger partial charge in [0.1, 0.15) is 5.76 Å². The van der Waals surface area contributed by atoms with Crippen LogP contribution in [0.4, 0.5) is 0 Å². The molecule has 1 saturated carbocycles. The topological polar surface area (TPSA) is 83.6 Å². The summed E-state index contributed by atoms with van der Waals surface area (Å²) in [7, 11) is 0. The van der Waals surface area contributed by atoms with E-state index in [1.165, 1.54) is 11.3 Å². The van der Waals surface area contributed by atoms with Crippen LogP contribution in [0.3, 0.4) is 0 Å². The first-order valence-corrected chi connectivity index (χ1v) is 8.86. The molecule has 2 aromatic rings. The van der Waals surface area contributed by atoms with Crippen molar-refractivity contribution in [1.82, 2.24) is 9.88 Å². The standard InChI is InChI=1S/C17H20N2O4S/c1-10(17(21)22)9-19(12-5-6-12)15(20)8-13-11(2)23-16(18-13)14-4-3-7-24-14/h3-4,7,10,12H,5-6,8-9H2,1-2H3,(H,21,22). The van der Waals surface area contributed by atoms with Crippen LogP contribution in [-0.2, 0) is 16.0 Å². The van der Waals surface area contributed by atoms with E-state index < -0.39 is 11.9 Å². The van der Waals surface area contributed by atoms with Gasteiger partial charge in [-0.2, -0.15) is 0 Å². The molecule has 0 bridgehead atoms. The third-order valence-electron chi connectivity index (χ3n) is 4.14. The van der Waals surface area contributed by atoms with E-state index in [4.69, 9.17) is 9.52 Å². The van der Waals surface area contributed by atoms with E-state index in [9.17, 15) is 9.59 Å². The quantitative estimate of drug-likeness (QED) is 0.832. The van der Waals surface area contributed by atoms with Crippen molar-refractivity contribution in [2.75, 3.05) is 6.54 Å². The molecule has 0 aliphatic heterocycles. The molecule has 1 atom stereocenters. The number of rotatable bonds is 7. The van der Waals surface area contributed by atoms with Crippen molar-refractivity contribution in [3.05, 3.63) is 29.0 Å². The van der Waals surface area contributed by atoms with Crippen LogP contribution in [0.15, 0.2) is 21.9 Å². The number of amides is 1. The Kier molecular flexibility index (Phi) is 4.71. The number of aliphatic carboxylic acids is 1. The predicted molar refractivity (Wildman–Crippen MR) is 89.8 cm³/mol. The van der Waals surface area contributed by atoms with E-state index in [1.54, 1.807) is 18.7 Å². The largest absolute Gasteiger partial charge is 0.481 e. The smallest absolute Gasteiger partial charge is 0.308 e. The fourth-order valence-corrected chi connectivity index (χ4v) is 3.21. The van der Waals surface area contributed by atoms with Crippen molar-refractivity contribution < 1.29 is 19.1 Å². The highest BCUT2D eigenvalue weighted by Gasteiger charge is 2.35. The summed E-state index contributed by atoms with van der Waals surface area (Å²) in [5.41, 5.74) is 0.622. The molecular formula is C17H20N2O4S. The second-order valence-electron chi connectivity index (χ2n) is 6.19. The summed E-state index contributed by atoms with van der Waals surface area (Å²) in [6.07, 6.45) is 2.02. The molecule has 2 heterocycles. The van der Waals surface area contributed by atoms with E-state index in [0.717, 1.165) is 17.7 Å². The highest BCUT2D eigenvalue weighted by molar-refractivity contribution is 7.13. The van der Waals surface area contributed by atoms with Crippen LogP contribution in [0.2, 0.25) is 0 Å². The highest BCUT2D eigenvalue weighted by atomic mass is 32.1. The lowest BCUT2D eigenvalue weighted by atomic mass is 10.1. The highest BCUT2D eigenvalue weighted by Crippen LogP contribution is 2.30. The molecule has 1 N–H and O–H groups in total. The van der Waals surface area contributed by atoms with Crippen LogP contribution in [-0.4, -0.2) is 39.5 Å². The van der Waals surface area contributed by atoms with Gasteiger partial charge in [0.05, 0.1) is 22.9 Å². The molecule has 128 valence electrons. The Bertz CT molecular complexity index is 734. The summed E-state index contributed by atoms with van der Waals surface area (Å²) in [5.74, 6) is -0.378. The maximum absolute atomic E-state index is 12.7. The molecule has 24 heavy (non-hydrogen) atoms. The van der Waals surface area contributed by atoms with Gasteiger partial charge in [0.25, 0.3) is 0 Å². The number of carbonyl (C=O) groups excluding carboxylic acids is 1. The Morgan fingerprint density at radius 1 is 1.50 bits per heavy atom. The molecule has 0 aromatic carbocycles. The number of aryl methyl sites for hydroxylation is 1. The maximum atomic E-state index is 12.7. The van der Waals surface area contributed by atoms with E-state index in [2.05, 4.69) is 4.98 Å². The van der Waals surface area contributed by atoms with Crippen molar-refractivity contribution >= 4 is 23.2 Å². The Hall–Kier alpha value is -2.15. The Morgan fingerprint density at radius 3 is 2.83 bits per heavy atom. The number of hydrogen-bond acceptors (Lipinski definition) is 5. The molecule has 2 aromatic heterocycles. The second kappa shape index (κ2) is 6.76. The molecule has 1 unspecified atom stereocenters. The van der Waals surface area contributed by atoms with E-state index in [0.29, 0.717) is 17.3 Å². The van der Waals surface area contributed by atoms with Gasteiger partial charge in [0.15, 0.2) is 0 Å². The van der Waals surface area contributed by atoms with Gasteiger partial charge in [-0.05, 0) is 31.2 Å². The molecule has 1 amide bonds. The molecule has 7 heteroatoms. The molecular weight excluding hydrogens is 328 g/mol. The van der Waals surface area contributed by atoms with E-state index >= 15 is 0 Å². The van der Waals surface area contributed by atoms with Gasteiger partial charge in [0, 0.05) is 12.6 Å². The van der Waals surface area contributed by atoms with Crippen LogP contribution in [0.5, 0.6) is 0 Å². The molecule has 0 radical (unpaired) electrons. The van der Waals surface area contributed by atoms with E-state index in [-0.39, 0.29) is 24.9 Å². The molecule has 6 nitrogen and oxygen atoms in total. The second-order valence-corrected chi connectivity index (χ2v) is 7.14. The van der Waals surface area contributed by atoms with Crippen LogP contribution in [0.1, 0.15) is 31.2 Å². The SMILES string of the molecule is Cc1oc(-c2cccs2)nc1CC(=O)N(CC(C)C(=O)O)C1CC1. The lowest BCUT2D eigenvalue weighted by Crippen LogP contribution is -2.39. The van der Waals surface area contributed by atoms with Gasteiger partial charge < -0.3 is 14.4 Å². The summed E-state index contributed by atoms with van der Waals surface area (Å²) in [6.45, 7) is 3.67. The van der Waals surface area contributed by atoms with Crippen molar-refractivity contribution in [3.63, 3.8) is 0 Å². The monoisotopic (exact) mass is 348 g/mol. The molecule has 1 fully saturated rings. The zero-order valence-corrected chi connectivity index (χ0v) is 14.5. The Morgan fingerprint density at radius 2 is 2.25 bits per heavy atom. The first-order valence-electron chi connectivity index (χ1n) is 7.98. The molecule has 0 saturated heterocycles. The van der Waals surface area contributed by atoms with E-state index in [1.807, 2.05) is 17.5 Å². The number of carboxylic acids is 1. The molecule has 0 spiro atoms. The van der Waals surface area contributed by atoms with Crippen molar-refractivity contribution in [2.24, 2.45) is 5.92 Å². The Labute approximate surface area is 144 Å². The van der Waals surface area contributed by atoms with Gasteiger partial charge in [-0.25, -0.2) is 4.98 Å². The summed E-state index contributed by atoms with van der Waals surface area (Å²) in [6, 6.07) is 4.02. The number of nitrogens with zero attached hydrogens (tertiary/aromatic N) is 2. The molecule has 1 aliphatic rings. The normalized spacial score (nSPS) is 15.2. The number of carboxylic acid groups (broad SMARTS) is 1. The zero-order valence-electron chi connectivity index (χ0n) is 13.7. The number of carbonyl (C=O) groups is 2. The molecule has 3 rings (SSSR count). The third-order valence-corrected chi connectivity index (χ3v) is 5.00. The van der Waals surface area contributed by atoms with Gasteiger partial charge in [-0.15, -0.1) is 11.3 Å². The fraction of sp³-hybridized carbons (Fsp3) is 0.471. The minimum absolute atomic E-state index is 0.0836. The lowest BCUT2D eigenvalue weighted by Gasteiger charge is -2.24. The first-order chi connectivity index (χ1) is 11.5. The van der Waals surface area contributed by atoms with Gasteiger partial charge in [0.2, 0.25) is 11.8 Å². The van der Waals surface area contributed by atoms with Crippen molar-refractivity contribution in [1.29, 1.82) is 0 Å². The number of hydrogen-bond donors (Lipinski definition) is 1. The van der Waals surface area contributed by atoms with Crippen molar-refractivity contribution in [3.8, 4) is 10.8 Å². The summed E-state index contributed by atoms with van der Waals surface area (Å²) in [4.78, 5) is 30.8. The number of oxazole rings is 1. The summed E-state index contributed by atoms with van der Waals surface area (Å²) >= 11 is 1.53. The minimum Gasteiger partial charge on any atom is -0.481 e. The maximum Gasteiger partial charge on any atom is 0.308 e. The van der Waals surface area contributed by atoms with Gasteiger partial charge in [-0.3, -0.25) is 9.59 Å². The third kappa shape index (κ3) is 3.67. The number of thiophene rings is 1. The first kappa shape index (κ1) is 16.7. The molecule has 1 aliphatic carbocycles. The van der Waals surface area contributed by atoms with Gasteiger partial charge >= 0.3 is 5.97 Å². The average molecular weight is 348 g/mol. The van der Waals surface area contributed by atoms with Crippen molar-refractivity contribution in [2.45, 2.75) is 39.2 Å². The fourth-order valence-electron chi connectivity index (χ4n) is 2.56. The van der Waals surface area contributed by atoms with Gasteiger partial charge in [-0.1, -0.05) is 13.0 Å². The summed E-state index contributed by atoms with van der Waals surface area (Å²) < 4.78 is 5.67. The predicted octanol–water partition coefficient (Wildman–Crippen LogP) is 2.97. The Balaban J connectivity index is 1.72. The van der Waals surface area contributed by atoms with Crippen LogP contribution < -0.4 is 0 Å². The van der Waals surface area contributed by atoms with Crippen LogP contribution in [0, 0.1) is 12.8 Å². The van der Waals surface area contributed by atoms with Crippen LogP contribution in [0.25, 0.3) is 10.8 Å². The summed E-state index contributed by atoms with van der Waals surface area (Å²) in [5, 5.41) is 11.0. The average Bonchev–Trinajstić information content (AvgIpc) is 3.09. The van der Waals surface area contributed by atoms with Crippen LogP contribution >= 0.6 is 11.3 Å².